The van der Waals surface area contributed by atoms with Crippen LogP contribution in [0.3, 0.4) is 0 Å². The van der Waals surface area contributed by atoms with Gasteiger partial charge in [-0.05, 0) is 42.5 Å². The second-order valence-corrected chi connectivity index (χ2v) is 4.73. The van der Waals surface area contributed by atoms with Crippen LogP contribution in [0.15, 0.2) is 53.3 Å². The van der Waals surface area contributed by atoms with Gasteiger partial charge in [-0.3, -0.25) is 0 Å². The number of esters is 1. The van der Waals surface area contributed by atoms with Gasteiger partial charge in [-0.2, -0.15) is 0 Å². The minimum absolute atomic E-state index is 0.355. The van der Waals surface area contributed by atoms with Gasteiger partial charge >= 0.3 is 5.97 Å². The normalized spacial score (nSPS) is 10.2. The third-order valence-corrected chi connectivity index (χ3v) is 3.29. The fraction of sp³-hybridized carbons (Fsp3) is 0.118. The van der Waals surface area contributed by atoms with Crippen LogP contribution >= 0.6 is 0 Å². The molecular formula is C17H14N2O5. The summed E-state index contributed by atoms with van der Waals surface area (Å²) in [5.74, 6) is 1.30. The molecule has 7 heteroatoms. The SMILES string of the molecule is COc1ccc(C(=O)Oc2ccc(-c3nnco3)cc2)cc1OC. The fourth-order valence-electron chi connectivity index (χ4n) is 2.09. The van der Waals surface area contributed by atoms with Gasteiger partial charge in [0.05, 0.1) is 19.8 Å². The van der Waals surface area contributed by atoms with E-state index in [2.05, 4.69) is 10.2 Å². The Hall–Kier alpha value is -3.35. The molecule has 0 amide bonds. The van der Waals surface area contributed by atoms with Crippen LogP contribution in [-0.4, -0.2) is 30.4 Å². The van der Waals surface area contributed by atoms with E-state index in [1.807, 2.05) is 0 Å². The average Bonchev–Trinajstić information content (AvgIpc) is 3.16. The Morgan fingerprint density at radius 3 is 2.38 bits per heavy atom. The number of hydrogen-bond acceptors (Lipinski definition) is 7. The van der Waals surface area contributed by atoms with E-state index in [1.54, 1.807) is 42.5 Å². The van der Waals surface area contributed by atoms with Gasteiger partial charge in [0.15, 0.2) is 11.5 Å². The summed E-state index contributed by atoms with van der Waals surface area (Å²) in [6.07, 6.45) is 1.25. The monoisotopic (exact) mass is 326 g/mol. The number of carbonyl (C=O) groups is 1. The van der Waals surface area contributed by atoms with Crippen molar-refractivity contribution >= 4 is 5.97 Å². The van der Waals surface area contributed by atoms with Crippen molar-refractivity contribution in [3.8, 4) is 28.7 Å². The first-order chi connectivity index (χ1) is 11.7. The maximum atomic E-state index is 12.2. The summed E-state index contributed by atoms with van der Waals surface area (Å²) in [5, 5.41) is 7.43. The topological polar surface area (TPSA) is 83.7 Å². The van der Waals surface area contributed by atoms with Gasteiger partial charge in [-0.1, -0.05) is 0 Å². The molecule has 3 rings (SSSR count). The number of rotatable bonds is 5. The Kier molecular flexibility index (Phi) is 4.42. The summed E-state index contributed by atoms with van der Waals surface area (Å²) in [6, 6.07) is 11.6. The molecule has 24 heavy (non-hydrogen) atoms. The molecule has 0 saturated carbocycles. The maximum absolute atomic E-state index is 12.2. The van der Waals surface area contributed by atoms with Crippen molar-refractivity contribution in [3.05, 3.63) is 54.4 Å². The summed E-state index contributed by atoms with van der Waals surface area (Å²) in [7, 11) is 3.03. The summed E-state index contributed by atoms with van der Waals surface area (Å²) in [6.45, 7) is 0. The zero-order chi connectivity index (χ0) is 16.9. The second-order valence-electron chi connectivity index (χ2n) is 4.73. The lowest BCUT2D eigenvalue weighted by Gasteiger charge is -2.09. The molecule has 0 aliphatic carbocycles. The molecule has 0 radical (unpaired) electrons. The fourth-order valence-corrected chi connectivity index (χ4v) is 2.09. The molecule has 0 aliphatic heterocycles. The molecule has 122 valence electrons. The molecule has 0 aliphatic rings. The Bertz CT molecular complexity index is 829. The zero-order valence-electron chi connectivity index (χ0n) is 13.1. The summed E-state index contributed by atoms with van der Waals surface area (Å²) in [4.78, 5) is 12.2. The van der Waals surface area contributed by atoms with Crippen molar-refractivity contribution in [2.45, 2.75) is 0 Å². The number of aromatic nitrogens is 2. The Labute approximate surface area is 137 Å². The number of ether oxygens (including phenoxy) is 3. The highest BCUT2D eigenvalue weighted by Crippen LogP contribution is 2.28. The van der Waals surface area contributed by atoms with E-state index in [0.717, 1.165) is 5.56 Å². The lowest BCUT2D eigenvalue weighted by Crippen LogP contribution is -2.08. The third kappa shape index (κ3) is 3.19. The molecule has 0 bridgehead atoms. The largest absolute Gasteiger partial charge is 0.493 e. The van der Waals surface area contributed by atoms with E-state index >= 15 is 0 Å². The van der Waals surface area contributed by atoms with Gasteiger partial charge in [0, 0.05) is 5.56 Å². The lowest BCUT2D eigenvalue weighted by molar-refractivity contribution is 0.0734. The molecule has 0 fully saturated rings. The molecule has 1 heterocycles. The van der Waals surface area contributed by atoms with Crippen LogP contribution < -0.4 is 14.2 Å². The van der Waals surface area contributed by atoms with Crippen molar-refractivity contribution in [3.63, 3.8) is 0 Å². The van der Waals surface area contributed by atoms with Crippen molar-refractivity contribution in [2.24, 2.45) is 0 Å². The molecule has 0 atom stereocenters. The van der Waals surface area contributed by atoms with Gasteiger partial charge in [0.25, 0.3) is 0 Å². The highest BCUT2D eigenvalue weighted by Gasteiger charge is 2.13. The average molecular weight is 326 g/mol. The van der Waals surface area contributed by atoms with E-state index < -0.39 is 5.97 Å². The van der Waals surface area contributed by atoms with Crippen molar-refractivity contribution < 1.29 is 23.4 Å². The summed E-state index contributed by atoms with van der Waals surface area (Å²) >= 11 is 0. The van der Waals surface area contributed by atoms with Crippen LogP contribution in [-0.2, 0) is 0 Å². The Morgan fingerprint density at radius 2 is 1.75 bits per heavy atom. The highest BCUT2D eigenvalue weighted by molar-refractivity contribution is 5.91. The number of nitrogens with zero attached hydrogens (tertiary/aromatic N) is 2. The molecule has 0 saturated heterocycles. The first-order valence-corrected chi connectivity index (χ1v) is 7.02. The van der Waals surface area contributed by atoms with E-state index in [-0.39, 0.29) is 0 Å². The van der Waals surface area contributed by atoms with Crippen LogP contribution in [0.4, 0.5) is 0 Å². The van der Waals surface area contributed by atoms with E-state index in [4.69, 9.17) is 18.6 Å². The molecule has 2 aromatic carbocycles. The molecule has 1 aromatic heterocycles. The van der Waals surface area contributed by atoms with Crippen molar-refractivity contribution in [1.82, 2.24) is 10.2 Å². The Balaban J connectivity index is 1.75. The summed E-state index contributed by atoms with van der Waals surface area (Å²) in [5.41, 5.74) is 1.09. The van der Waals surface area contributed by atoms with E-state index in [0.29, 0.717) is 28.7 Å². The number of methoxy groups -OCH3 is 2. The Morgan fingerprint density at radius 1 is 1.00 bits per heavy atom. The quantitative estimate of drug-likeness (QED) is 0.526. The molecule has 0 unspecified atom stereocenters. The van der Waals surface area contributed by atoms with Crippen molar-refractivity contribution in [2.75, 3.05) is 14.2 Å². The van der Waals surface area contributed by atoms with Gasteiger partial charge in [0.1, 0.15) is 5.75 Å². The molecule has 0 spiro atoms. The van der Waals surface area contributed by atoms with Gasteiger partial charge in [-0.25, -0.2) is 4.79 Å². The van der Waals surface area contributed by atoms with Gasteiger partial charge in [-0.15, -0.1) is 10.2 Å². The predicted octanol–water partition coefficient (Wildman–Crippen LogP) is 2.97. The van der Waals surface area contributed by atoms with E-state index in [9.17, 15) is 4.79 Å². The first-order valence-electron chi connectivity index (χ1n) is 7.02. The standard InChI is InChI=1S/C17H14N2O5/c1-21-14-8-5-12(9-15(14)22-2)17(20)24-13-6-3-11(4-7-13)16-19-18-10-23-16/h3-10H,1-2H3. The van der Waals surface area contributed by atoms with Crippen LogP contribution in [0, 0.1) is 0 Å². The van der Waals surface area contributed by atoms with Crippen LogP contribution in [0.2, 0.25) is 0 Å². The third-order valence-electron chi connectivity index (χ3n) is 3.29. The highest BCUT2D eigenvalue weighted by atomic mass is 16.5. The van der Waals surface area contributed by atoms with Crippen LogP contribution in [0.25, 0.3) is 11.5 Å². The number of hydrogen-bond donors (Lipinski definition) is 0. The first kappa shape index (κ1) is 15.5. The minimum atomic E-state index is -0.499. The molecular weight excluding hydrogens is 312 g/mol. The zero-order valence-corrected chi connectivity index (χ0v) is 13.1. The van der Waals surface area contributed by atoms with E-state index in [1.165, 1.54) is 20.6 Å². The summed E-state index contributed by atoms with van der Waals surface area (Å²) < 4.78 is 20.8. The van der Waals surface area contributed by atoms with Crippen LogP contribution in [0.1, 0.15) is 10.4 Å². The lowest BCUT2D eigenvalue weighted by atomic mass is 10.2. The predicted molar refractivity (Wildman–Crippen MR) is 84.2 cm³/mol. The number of benzene rings is 2. The van der Waals surface area contributed by atoms with Crippen LogP contribution in [0.5, 0.6) is 17.2 Å². The van der Waals surface area contributed by atoms with Gasteiger partial charge in [0.2, 0.25) is 12.3 Å². The maximum Gasteiger partial charge on any atom is 0.343 e. The van der Waals surface area contributed by atoms with Crippen molar-refractivity contribution in [1.29, 1.82) is 0 Å². The number of carbonyl (C=O) groups excluding carboxylic acids is 1. The molecule has 3 aromatic rings. The smallest absolute Gasteiger partial charge is 0.343 e. The molecule has 0 N–H and O–H groups in total. The second kappa shape index (κ2) is 6.82. The van der Waals surface area contributed by atoms with Gasteiger partial charge < -0.3 is 18.6 Å². The minimum Gasteiger partial charge on any atom is -0.493 e. The molecule has 7 nitrogen and oxygen atoms in total.